The second-order valence-corrected chi connectivity index (χ2v) is 7.31. The Bertz CT molecular complexity index is 412. The van der Waals surface area contributed by atoms with E-state index in [1.165, 1.54) is 12.8 Å². The lowest BCUT2D eigenvalue weighted by atomic mass is 9.87. The molecule has 1 heterocycles. The van der Waals surface area contributed by atoms with Gasteiger partial charge in [-0.05, 0) is 38.5 Å². The lowest BCUT2D eigenvalue weighted by Gasteiger charge is -2.25. The van der Waals surface area contributed by atoms with Gasteiger partial charge in [-0.25, -0.2) is 0 Å². The smallest absolute Gasteiger partial charge is 0.223 e. The topological polar surface area (TPSA) is 69.6 Å². The first-order valence-electron chi connectivity index (χ1n) is 8.88. The number of nitrogens with zero attached hydrogens (tertiary/aromatic N) is 1. The molecule has 3 fully saturated rings. The van der Waals surface area contributed by atoms with Crippen molar-refractivity contribution < 1.29 is 14.7 Å². The minimum absolute atomic E-state index is 0.0476. The van der Waals surface area contributed by atoms with Crippen LogP contribution in [-0.4, -0.2) is 47.1 Å². The highest BCUT2D eigenvalue weighted by atomic mass is 16.3. The molecule has 0 aromatic carbocycles. The summed E-state index contributed by atoms with van der Waals surface area (Å²) in [6.45, 7) is 1.43. The van der Waals surface area contributed by atoms with Crippen LogP contribution in [0.3, 0.4) is 0 Å². The monoisotopic (exact) mass is 308 g/mol. The Balaban J connectivity index is 1.42. The van der Waals surface area contributed by atoms with Crippen molar-refractivity contribution in [3.63, 3.8) is 0 Å². The first kappa shape index (κ1) is 15.8. The van der Waals surface area contributed by atoms with Crippen molar-refractivity contribution in [2.75, 3.05) is 13.1 Å². The molecule has 0 aromatic heterocycles. The maximum atomic E-state index is 12.2. The van der Waals surface area contributed by atoms with Crippen LogP contribution in [0.4, 0.5) is 0 Å². The SMILES string of the molecule is O=C(NCC1CC(=O)N(C2CCCC2)C1)C1CCC(O)CC1. The van der Waals surface area contributed by atoms with E-state index in [1.54, 1.807) is 0 Å². The lowest BCUT2D eigenvalue weighted by molar-refractivity contribution is -0.130. The van der Waals surface area contributed by atoms with E-state index >= 15 is 0 Å². The van der Waals surface area contributed by atoms with Gasteiger partial charge in [0.15, 0.2) is 0 Å². The third-order valence-electron chi connectivity index (χ3n) is 5.64. The van der Waals surface area contributed by atoms with Crippen LogP contribution in [0.1, 0.15) is 57.8 Å². The van der Waals surface area contributed by atoms with Gasteiger partial charge in [-0.2, -0.15) is 0 Å². The van der Waals surface area contributed by atoms with E-state index < -0.39 is 0 Å². The first-order valence-corrected chi connectivity index (χ1v) is 8.88. The van der Waals surface area contributed by atoms with Crippen LogP contribution in [0.5, 0.6) is 0 Å². The molecule has 5 nitrogen and oxygen atoms in total. The molecule has 2 saturated carbocycles. The predicted octanol–water partition coefficient (Wildman–Crippen LogP) is 1.44. The third-order valence-corrected chi connectivity index (χ3v) is 5.64. The van der Waals surface area contributed by atoms with Gasteiger partial charge >= 0.3 is 0 Å². The van der Waals surface area contributed by atoms with Gasteiger partial charge in [-0.1, -0.05) is 12.8 Å². The zero-order chi connectivity index (χ0) is 15.5. The zero-order valence-electron chi connectivity index (χ0n) is 13.3. The van der Waals surface area contributed by atoms with Crippen molar-refractivity contribution in [2.24, 2.45) is 11.8 Å². The van der Waals surface area contributed by atoms with E-state index in [2.05, 4.69) is 10.2 Å². The summed E-state index contributed by atoms with van der Waals surface area (Å²) in [5.74, 6) is 0.697. The van der Waals surface area contributed by atoms with Crippen LogP contribution in [-0.2, 0) is 9.59 Å². The van der Waals surface area contributed by atoms with Crippen LogP contribution in [0, 0.1) is 11.8 Å². The summed E-state index contributed by atoms with van der Waals surface area (Å²) in [7, 11) is 0. The summed E-state index contributed by atoms with van der Waals surface area (Å²) in [6.07, 6.45) is 8.16. The third kappa shape index (κ3) is 3.62. The van der Waals surface area contributed by atoms with Crippen LogP contribution in [0.25, 0.3) is 0 Å². The van der Waals surface area contributed by atoms with Gasteiger partial charge in [0.1, 0.15) is 0 Å². The molecule has 2 N–H and O–H groups in total. The fraction of sp³-hybridized carbons (Fsp3) is 0.882. The van der Waals surface area contributed by atoms with Gasteiger partial charge in [0.2, 0.25) is 11.8 Å². The molecule has 1 atom stereocenters. The number of rotatable bonds is 4. The molecule has 22 heavy (non-hydrogen) atoms. The van der Waals surface area contributed by atoms with Crippen molar-refractivity contribution >= 4 is 11.8 Å². The Morgan fingerprint density at radius 3 is 2.50 bits per heavy atom. The molecule has 1 saturated heterocycles. The highest BCUT2D eigenvalue weighted by Gasteiger charge is 2.35. The molecule has 3 aliphatic rings. The van der Waals surface area contributed by atoms with Crippen LogP contribution in [0.2, 0.25) is 0 Å². The summed E-state index contributed by atoms with van der Waals surface area (Å²) >= 11 is 0. The van der Waals surface area contributed by atoms with E-state index in [1.807, 2.05) is 0 Å². The standard InChI is InChI=1S/C17H28N2O3/c20-15-7-5-13(6-8-15)17(22)18-10-12-9-16(21)19(11-12)14-3-1-2-4-14/h12-15,20H,1-11H2,(H,18,22). The molecular formula is C17H28N2O3. The van der Waals surface area contributed by atoms with E-state index in [9.17, 15) is 14.7 Å². The molecule has 0 spiro atoms. The maximum absolute atomic E-state index is 12.2. The number of carbonyl (C=O) groups excluding carboxylic acids is 2. The lowest BCUT2D eigenvalue weighted by Crippen LogP contribution is -2.38. The fourth-order valence-electron chi connectivity index (χ4n) is 4.24. The average molecular weight is 308 g/mol. The molecule has 1 aliphatic heterocycles. The maximum Gasteiger partial charge on any atom is 0.223 e. The molecule has 2 aliphatic carbocycles. The second-order valence-electron chi connectivity index (χ2n) is 7.31. The Kier molecular flexibility index (Phi) is 5.01. The molecule has 124 valence electrons. The molecule has 0 radical (unpaired) electrons. The molecule has 5 heteroatoms. The van der Waals surface area contributed by atoms with E-state index in [0.717, 1.165) is 45.1 Å². The largest absolute Gasteiger partial charge is 0.393 e. The highest BCUT2D eigenvalue weighted by Crippen LogP contribution is 2.29. The normalized spacial score (nSPS) is 33.4. The van der Waals surface area contributed by atoms with Gasteiger partial charge in [0.05, 0.1) is 6.10 Å². The number of carbonyl (C=O) groups is 2. The number of amides is 2. The number of aliphatic hydroxyl groups excluding tert-OH is 1. The Morgan fingerprint density at radius 1 is 1.14 bits per heavy atom. The van der Waals surface area contributed by atoms with E-state index in [-0.39, 0.29) is 29.8 Å². The Morgan fingerprint density at radius 2 is 1.82 bits per heavy atom. The van der Waals surface area contributed by atoms with Crippen molar-refractivity contribution in [1.82, 2.24) is 10.2 Å². The number of nitrogens with one attached hydrogen (secondary N) is 1. The molecule has 1 unspecified atom stereocenters. The van der Waals surface area contributed by atoms with E-state index in [0.29, 0.717) is 19.0 Å². The minimum Gasteiger partial charge on any atom is -0.393 e. The summed E-state index contributed by atoms with van der Waals surface area (Å²) in [6, 6.07) is 0.452. The zero-order valence-corrected chi connectivity index (χ0v) is 13.3. The van der Waals surface area contributed by atoms with Crippen molar-refractivity contribution in [1.29, 1.82) is 0 Å². The van der Waals surface area contributed by atoms with Crippen LogP contribution in [0.15, 0.2) is 0 Å². The van der Waals surface area contributed by atoms with Crippen LogP contribution >= 0.6 is 0 Å². The summed E-state index contributed by atoms with van der Waals surface area (Å²) in [5, 5.41) is 12.5. The number of likely N-dealkylation sites (tertiary alicyclic amines) is 1. The molecule has 0 bridgehead atoms. The van der Waals surface area contributed by atoms with Gasteiger partial charge in [-0.3, -0.25) is 9.59 Å². The quantitative estimate of drug-likeness (QED) is 0.826. The van der Waals surface area contributed by atoms with Crippen molar-refractivity contribution in [2.45, 2.75) is 69.9 Å². The molecule has 0 aromatic rings. The Hall–Kier alpha value is -1.10. The average Bonchev–Trinajstić information content (AvgIpc) is 3.14. The van der Waals surface area contributed by atoms with Crippen LogP contribution < -0.4 is 5.32 Å². The van der Waals surface area contributed by atoms with Gasteiger partial charge in [0.25, 0.3) is 0 Å². The van der Waals surface area contributed by atoms with Gasteiger partial charge in [0, 0.05) is 37.4 Å². The highest BCUT2D eigenvalue weighted by molar-refractivity contribution is 5.80. The van der Waals surface area contributed by atoms with Gasteiger partial charge in [-0.15, -0.1) is 0 Å². The number of hydrogen-bond acceptors (Lipinski definition) is 3. The predicted molar refractivity (Wildman–Crippen MR) is 83.1 cm³/mol. The summed E-state index contributed by atoms with van der Waals surface area (Å²) in [4.78, 5) is 26.4. The number of aliphatic hydroxyl groups is 1. The first-order chi connectivity index (χ1) is 10.6. The van der Waals surface area contributed by atoms with Crippen molar-refractivity contribution in [3.05, 3.63) is 0 Å². The van der Waals surface area contributed by atoms with Crippen molar-refractivity contribution in [3.8, 4) is 0 Å². The fourth-order valence-corrected chi connectivity index (χ4v) is 4.24. The van der Waals surface area contributed by atoms with Gasteiger partial charge < -0.3 is 15.3 Å². The molecular weight excluding hydrogens is 280 g/mol. The Labute approximate surface area is 132 Å². The molecule has 3 rings (SSSR count). The van der Waals surface area contributed by atoms with E-state index in [4.69, 9.17) is 0 Å². The summed E-state index contributed by atoms with van der Waals surface area (Å²) in [5.41, 5.74) is 0. The number of hydrogen-bond donors (Lipinski definition) is 2. The minimum atomic E-state index is -0.225. The summed E-state index contributed by atoms with van der Waals surface area (Å²) < 4.78 is 0. The second kappa shape index (κ2) is 6.99. The molecule has 2 amide bonds.